The van der Waals surface area contributed by atoms with Crippen LogP contribution in [0, 0.1) is 0 Å². The number of rotatable bonds is 2. The van der Waals surface area contributed by atoms with Crippen LogP contribution in [0.25, 0.3) is 0 Å². The third-order valence-corrected chi connectivity index (χ3v) is 4.36. The lowest BCUT2D eigenvalue weighted by molar-refractivity contribution is -0.119. The Morgan fingerprint density at radius 1 is 1.41 bits per heavy atom. The summed E-state index contributed by atoms with van der Waals surface area (Å²) in [6.45, 7) is 4.17. The average Bonchev–Trinajstić information content (AvgIpc) is 2.58. The van der Waals surface area contributed by atoms with Gasteiger partial charge in [-0.2, -0.15) is 0 Å². The van der Waals surface area contributed by atoms with Crippen LogP contribution >= 0.6 is 23.2 Å². The van der Waals surface area contributed by atoms with Gasteiger partial charge < -0.3 is 5.32 Å². The van der Waals surface area contributed by atoms with Gasteiger partial charge in [0.1, 0.15) is 0 Å². The van der Waals surface area contributed by atoms with Gasteiger partial charge in [0.25, 0.3) is 0 Å². The molecule has 17 heavy (non-hydrogen) atoms. The summed E-state index contributed by atoms with van der Waals surface area (Å²) in [5.74, 6) is 0.102. The molecule has 2 unspecified atom stereocenters. The molecule has 4 heteroatoms. The Morgan fingerprint density at radius 2 is 2.12 bits per heavy atom. The summed E-state index contributed by atoms with van der Waals surface area (Å²) < 4.78 is 0. The van der Waals surface area contributed by atoms with Gasteiger partial charge in [-0.05, 0) is 24.1 Å². The molecule has 1 aromatic carbocycles. The van der Waals surface area contributed by atoms with Crippen LogP contribution in [-0.2, 0) is 10.2 Å². The van der Waals surface area contributed by atoms with Crippen LogP contribution in [0.5, 0.6) is 0 Å². The minimum Gasteiger partial charge on any atom is -0.352 e. The zero-order valence-corrected chi connectivity index (χ0v) is 11.4. The lowest BCUT2D eigenvalue weighted by atomic mass is 9.75. The van der Waals surface area contributed by atoms with Crippen molar-refractivity contribution < 1.29 is 4.79 Å². The van der Waals surface area contributed by atoms with Crippen LogP contribution in [0.4, 0.5) is 0 Å². The topological polar surface area (TPSA) is 29.1 Å². The molecule has 1 fully saturated rings. The molecule has 0 spiro atoms. The van der Waals surface area contributed by atoms with Gasteiger partial charge in [0.2, 0.25) is 5.91 Å². The van der Waals surface area contributed by atoms with Gasteiger partial charge in [-0.25, -0.2) is 0 Å². The fourth-order valence-corrected chi connectivity index (χ4v) is 2.87. The Morgan fingerprint density at radius 3 is 2.71 bits per heavy atom. The minimum absolute atomic E-state index is 0.102. The molecule has 0 bridgehead atoms. The van der Waals surface area contributed by atoms with Crippen molar-refractivity contribution in [3.63, 3.8) is 0 Å². The maximum absolute atomic E-state index is 11.6. The Kier molecular flexibility index (Phi) is 3.37. The van der Waals surface area contributed by atoms with Gasteiger partial charge >= 0.3 is 0 Å². The molecule has 0 radical (unpaired) electrons. The molecule has 1 heterocycles. The van der Waals surface area contributed by atoms with Crippen molar-refractivity contribution in [2.75, 3.05) is 0 Å². The van der Waals surface area contributed by atoms with Crippen LogP contribution in [0.1, 0.15) is 32.3 Å². The quantitative estimate of drug-likeness (QED) is 0.876. The zero-order valence-electron chi connectivity index (χ0n) is 9.89. The highest BCUT2D eigenvalue weighted by Gasteiger charge is 2.43. The van der Waals surface area contributed by atoms with Gasteiger partial charge in [0.15, 0.2) is 0 Å². The summed E-state index contributed by atoms with van der Waals surface area (Å²) in [5, 5.41) is 4.10. The number of amides is 1. The van der Waals surface area contributed by atoms with Crippen molar-refractivity contribution in [2.24, 2.45) is 0 Å². The van der Waals surface area contributed by atoms with Crippen LogP contribution in [-0.4, -0.2) is 11.9 Å². The maximum atomic E-state index is 11.6. The van der Waals surface area contributed by atoms with Crippen molar-refractivity contribution in [1.29, 1.82) is 0 Å². The third kappa shape index (κ3) is 2.16. The molecule has 1 saturated heterocycles. The summed E-state index contributed by atoms with van der Waals surface area (Å²) in [5.41, 5.74) is 0.872. The second-order valence-corrected chi connectivity index (χ2v) is 5.57. The molecule has 1 N–H and O–H groups in total. The van der Waals surface area contributed by atoms with E-state index in [4.69, 9.17) is 23.2 Å². The van der Waals surface area contributed by atoms with Crippen molar-refractivity contribution in [3.05, 3.63) is 33.8 Å². The number of carbonyl (C=O) groups is 1. The predicted octanol–water partition coefficient (Wildman–Crippen LogP) is 3.55. The Bertz CT molecular complexity index is 461. The summed E-state index contributed by atoms with van der Waals surface area (Å²) in [6.07, 6.45) is 1.41. The van der Waals surface area contributed by atoms with Crippen LogP contribution in [0.15, 0.2) is 18.2 Å². The average molecular weight is 272 g/mol. The normalized spacial score (nSPS) is 28.2. The summed E-state index contributed by atoms with van der Waals surface area (Å²) >= 11 is 12.0. The number of hydrogen-bond donors (Lipinski definition) is 1. The first kappa shape index (κ1) is 12.7. The van der Waals surface area contributed by atoms with Gasteiger partial charge in [-0.3, -0.25) is 4.79 Å². The summed E-state index contributed by atoms with van der Waals surface area (Å²) in [6, 6.07) is 5.77. The highest BCUT2D eigenvalue weighted by molar-refractivity contribution is 6.42. The number of nitrogens with one attached hydrogen (secondary N) is 1. The van der Waals surface area contributed by atoms with Crippen molar-refractivity contribution >= 4 is 29.1 Å². The van der Waals surface area contributed by atoms with E-state index in [1.807, 2.05) is 12.1 Å². The largest absolute Gasteiger partial charge is 0.352 e. The molecule has 0 saturated carbocycles. The molecule has 2 nitrogen and oxygen atoms in total. The van der Waals surface area contributed by atoms with Gasteiger partial charge in [-0.1, -0.05) is 43.1 Å². The van der Waals surface area contributed by atoms with Gasteiger partial charge in [0, 0.05) is 17.9 Å². The van der Waals surface area contributed by atoms with Crippen LogP contribution < -0.4 is 5.32 Å². The zero-order chi connectivity index (χ0) is 12.6. The molecule has 2 rings (SSSR count). The van der Waals surface area contributed by atoms with E-state index in [1.165, 1.54) is 0 Å². The molecule has 1 aliphatic heterocycles. The van der Waals surface area contributed by atoms with E-state index >= 15 is 0 Å². The third-order valence-electron chi connectivity index (χ3n) is 3.62. The van der Waals surface area contributed by atoms with E-state index < -0.39 is 0 Å². The number of carbonyl (C=O) groups excluding carboxylic acids is 1. The Balaban J connectivity index is 2.43. The van der Waals surface area contributed by atoms with E-state index in [1.54, 1.807) is 6.07 Å². The highest BCUT2D eigenvalue weighted by atomic mass is 35.5. The van der Waals surface area contributed by atoms with Gasteiger partial charge in [0.05, 0.1) is 10.0 Å². The van der Waals surface area contributed by atoms with Crippen molar-refractivity contribution in [2.45, 2.75) is 38.1 Å². The minimum atomic E-state index is -0.194. The molecule has 1 amide bonds. The first-order valence-corrected chi connectivity index (χ1v) is 6.48. The van der Waals surface area contributed by atoms with Crippen LogP contribution in [0.3, 0.4) is 0 Å². The lowest BCUT2D eigenvalue weighted by Crippen LogP contribution is -2.37. The smallest absolute Gasteiger partial charge is 0.221 e. The lowest BCUT2D eigenvalue weighted by Gasteiger charge is -2.30. The molecule has 92 valence electrons. The fourth-order valence-electron chi connectivity index (χ4n) is 2.57. The standard InChI is InChI=1S/C13H15Cl2NO/c1-3-11-13(2,7-12(17)16-11)8-4-5-9(14)10(15)6-8/h4-6,11H,3,7H2,1-2H3,(H,16,17). The van der Waals surface area contributed by atoms with Crippen molar-refractivity contribution in [3.8, 4) is 0 Å². The van der Waals surface area contributed by atoms with E-state index in [0.29, 0.717) is 16.5 Å². The van der Waals surface area contributed by atoms with E-state index in [0.717, 1.165) is 12.0 Å². The molecular weight excluding hydrogens is 257 g/mol. The fraction of sp³-hybridized carbons (Fsp3) is 0.462. The second kappa shape index (κ2) is 4.51. The summed E-state index contributed by atoms with van der Waals surface area (Å²) in [4.78, 5) is 11.6. The Hall–Kier alpha value is -0.730. The monoisotopic (exact) mass is 271 g/mol. The highest BCUT2D eigenvalue weighted by Crippen LogP contribution is 2.39. The van der Waals surface area contributed by atoms with E-state index in [9.17, 15) is 4.79 Å². The van der Waals surface area contributed by atoms with Crippen LogP contribution in [0.2, 0.25) is 10.0 Å². The maximum Gasteiger partial charge on any atom is 0.221 e. The SMILES string of the molecule is CCC1NC(=O)CC1(C)c1ccc(Cl)c(Cl)c1. The molecule has 1 aliphatic rings. The van der Waals surface area contributed by atoms with E-state index in [-0.39, 0.29) is 17.4 Å². The summed E-state index contributed by atoms with van der Waals surface area (Å²) in [7, 11) is 0. The predicted molar refractivity (Wildman–Crippen MR) is 70.7 cm³/mol. The van der Waals surface area contributed by atoms with Crippen molar-refractivity contribution in [1.82, 2.24) is 5.32 Å². The number of halogens is 2. The molecule has 1 aromatic rings. The second-order valence-electron chi connectivity index (χ2n) is 4.75. The Labute approximate surface area is 111 Å². The number of hydrogen-bond acceptors (Lipinski definition) is 1. The van der Waals surface area contributed by atoms with E-state index in [2.05, 4.69) is 19.2 Å². The molecule has 0 aliphatic carbocycles. The van der Waals surface area contributed by atoms with Gasteiger partial charge in [-0.15, -0.1) is 0 Å². The first-order chi connectivity index (χ1) is 7.97. The molecule has 2 atom stereocenters. The molecule has 0 aromatic heterocycles. The number of benzene rings is 1. The molecular formula is C13H15Cl2NO. The first-order valence-electron chi connectivity index (χ1n) is 5.72.